The summed E-state index contributed by atoms with van der Waals surface area (Å²) in [5, 5.41) is 0. The highest BCUT2D eigenvalue weighted by atomic mass is 32.2. The highest BCUT2D eigenvalue weighted by molar-refractivity contribution is 7.87. The SMILES string of the molecule is COC(C)CNS(=O)(=O)N1CCc2ccccc2C1. The van der Waals surface area contributed by atoms with Crippen LogP contribution in [0.25, 0.3) is 0 Å². The van der Waals surface area contributed by atoms with Crippen molar-refractivity contribution in [3.05, 3.63) is 35.4 Å². The molecular weight excluding hydrogens is 264 g/mol. The van der Waals surface area contributed by atoms with Crippen molar-refractivity contribution >= 4 is 10.2 Å². The standard InChI is InChI=1S/C13H20N2O3S/c1-11(18-2)9-14-19(16,17)15-8-7-12-5-3-4-6-13(12)10-15/h3-6,11,14H,7-10H2,1-2H3. The number of nitrogens with zero attached hydrogens (tertiary/aromatic N) is 1. The molecule has 1 heterocycles. The molecule has 6 heteroatoms. The lowest BCUT2D eigenvalue weighted by molar-refractivity contribution is 0.121. The van der Waals surface area contributed by atoms with Crippen molar-refractivity contribution in [2.45, 2.75) is 26.0 Å². The Labute approximate surface area is 114 Å². The maximum Gasteiger partial charge on any atom is 0.279 e. The summed E-state index contributed by atoms with van der Waals surface area (Å²) in [7, 11) is -1.86. The van der Waals surface area contributed by atoms with Crippen LogP contribution < -0.4 is 4.72 Å². The molecule has 0 saturated heterocycles. The molecule has 1 N–H and O–H groups in total. The van der Waals surface area contributed by atoms with E-state index < -0.39 is 10.2 Å². The minimum Gasteiger partial charge on any atom is -0.380 e. The van der Waals surface area contributed by atoms with Crippen LogP contribution in [0.2, 0.25) is 0 Å². The van der Waals surface area contributed by atoms with E-state index in [9.17, 15) is 8.42 Å². The quantitative estimate of drug-likeness (QED) is 0.874. The molecule has 2 rings (SSSR count). The van der Waals surface area contributed by atoms with E-state index in [2.05, 4.69) is 10.8 Å². The van der Waals surface area contributed by atoms with Crippen LogP contribution >= 0.6 is 0 Å². The third-order valence-electron chi connectivity index (χ3n) is 3.39. The first kappa shape index (κ1) is 14.5. The number of ether oxygens (including phenoxy) is 1. The molecule has 0 amide bonds. The molecule has 1 aliphatic heterocycles. The lowest BCUT2D eigenvalue weighted by Crippen LogP contribution is -2.45. The molecule has 0 bridgehead atoms. The van der Waals surface area contributed by atoms with Gasteiger partial charge >= 0.3 is 0 Å². The van der Waals surface area contributed by atoms with E-state index in [-0.39, 0.29) is 12.6 Å². The summed E-state index contributed by atoms with van der Waals surface area (Å²) in [4.78, 5) is 0. The van der Waals surface area contributed by atoms with Crippen molar-refractivity contribution in [1.82, 2.24) is 9.03 Å². The Bertz CT molecular complexity index is 530. The average Bonchev–Trinajstić information content (AvgIpc) is 2.44. The van der Waals surface area contributed by atoms with E-state index in [0.29, 0.717) is 13.1 Å². The minimum absolute atomic E-state index is 0.133. The maximum absolute atomic E-state index is 12.2. The molecule has 1 aliphatic rings. The van der Waals surface area contributed by atoms with Crippen molar-refractivity contribution in [3.63, 3.8) is 0 Å². The first-order valence-corrected chi connectivity index (χ1v) is 7.81. The molecule has 0 aliphatic carbocycles. The monoisotopic (exact) mass is 284 g/mol. The van der Waals surface area contributed by atoms with Gasteiger partial charge in [0.05, 0.1) is 6.10 Å². The van der Waals surface area contributed by atoms with Crippen molar-refractivity contribution in [3.8, 4) is 0 Å². The van der Waals surface area contributed by atoms with Gasteiger partial charge in [0.2, 0.25) is 0 Å². The molecule has 106 valence electrons. The van der Waals surface area contributed by atoms with Gasteiger partial charge in [-0.1, -0.05) is 24.3 Å². The Morgan fingerprint density at radius 1 is 1.37 bits per heavy atom. The molecule has 1 unspecified atom stereocenters. The number of rotatable bonds is 5. The predicted octanol–water partition coefficient (Wildman–Crippen LogP) is 0.914. The van der Waals surface area contributed by atoms with Crippen LogP contribution in [-0.2, 0) is 27.9 Å². The molecular formula is C13H20N2O3S. The zero-order valence-corrected chi connectivity index (χ0v) is 12.1. The summed E-state index contributed by atoms with van der Waals surface area (Å²) in [6.07, 6.45) is 0.628. The van der Waals surface area contributed by atoms with Gasteiger partial charge in [0.1, 0.15) is 0 Å². The number of nitrogens with one attached hydrogen (secondary N) is 1. The molecule has 0 spiro atoms. The lowest BCUT2D eigenvalue weighted by Gasteiger charge is -2.28. The fourth-order valence-electron chi connectivity index (χ4n) is 2.07. The molecule has 1 aromatic rings. The Kier molecular flexibility index (Phi) is 4.57. The number of hydrogen-bond donors (Lipinski definition) is 1. The predicted molar refractivity (Wildman–Crippen MR) is 73.9 cm³/mol. The average molecular weight is 284 g/mol. The van der Waals surface area contributed by atoms with Crippen LogP contribution in [0.1, 0.15) is 18.1 Å². The van der Waals surface area contributed by atoms with E-state index in [1.165, 1.54) is 9.87 Å². The van der Waals surface area contributed by atoms with Gasteiger partial charge in [-0.25, -0.2) is 0 Å². The Morgan fingerprint density at radius 3 is 2.74 bits per heavy atom. The van der Waals surface area contributed by atoms with Gasteiger partial charge in [-0.15, -0.1) is 0 Å². The summed E-state index contributed by atoms with van der Waals surface area (Å²) >= 11 is 0. The topological polar surface area (TPSA) is 58.6 Å². The van der Waals surface area contributed by atoms with Crippen LogP contribution in [0, 0.1) is 0 Å². The third kappa shape index (κ3) is 3.54. The van der Waals surface area contributed by atoms with Crippen molar-refractivity contribution < 1.29 is 13.2 Å². The fourth-order valence-corrected chi connectivity index (χ4v) is 3.34. The van der Waals surface area contributed by atoms with E-state index in [1.54, 1.807) is 7.11 Å². The third-order valence-corrected chi connectivity index (χ3v) is 4.91. The lowest BCUT2D eigenvalue weighted by atomic mass is 10.0. The van der Waals surface area contributed by atoms with Crippen LogP contribution in [-0.4, -0.2) is 39.0 Å². The Hall–Kier alpha value is -0.950. The van der Waals surface area contributed by atoms with Crippen molar-refractivity contribution in [2.24, 2.45) is 0 Å². The first-order chi connectivity index (χ1) is 9.03. The zero-order chi connectivity index (χ0) is 13.9. The normalized spacial score (nSPS) is 18.0. The van der Waals surface area contributed by atoms with Gasteiger partial charge < -0.3 is 4.74 Å². The molecule has 0 aromatic heterocycles. The largest absolute Gasteiger partial charge is 0.380 e. The maximum atomic E-state index is 12.2. The second kappa shape index (κ2) is 6.00. The molecule has 0 saturated carbocycles. The van der Waals surface area contributed by atoms with Crippen LogP contribution in [0.5, 0.6) is 0 Å². The molecule has 1 aromatic carbocycles. The zero-order valence-electron chi connectivity index (χ0n) is 11.3. The van der Waals surface area contributed by atoms with Crippen LogP contribution in [0.15, 0.2) is 24.3 Å². The minimum atomic E-state index is -3.43. The fraction of sp³-hybridized carbons (Fsp3) is 0.538. The van der Waals surface area contributed by atoms with Gasteiger partial charge in [-0.05, 0) is 24.5 Å². The summed E-state index contributed by atoms with van der Waals surface area (Å²) < 4.78 is 33.5. The molecule has 0 radical (unpaired) electrons. The summed E-state index contributed by atoms with van der Waals surface area (Å²) in [6, 6.07) is 7.96. The van der Waals surface area contributed by atoms with E-state index in [4.69, 9.17) is 4.74 Å². The molecule has 0 fully saturated rings. The molecule has 5 nitrogen and oxygen atoms in total. The van der Waals surface area contributed by atoms with Crippen molar-refractivity contribution in [2.75, 3.05) is 20.2 Å². The molecule has 19 heavy (non-hydrogen) atoms. The first-order valence-electron chi connectivity index (χ1n) is 6.37. The van der Waals surface area contributed by atoms with Gasteiger partial charge in [-0.2, -0.15) is 17.4 Å². The van der Waals surface area contributed by atoms with Gasteiger partial charge in [-0.3, -0.25) is 0 Å². The Morgan fingerprint density at radius 2 is 2.05 bits per heavy atom. The van der Waals surface area contributed by atoms with Gasteiger partial charge in [0.25, 0.3) is 10.2 Å². The molecule has 1 atom stereocenters. The highest BCUT2D eigenvalue weighted by Crippen LogP contribution is 2.20. The highest BCUT2D eigenvalue weighted by Gasteiger charge is 2.26. The Balaban J connectivity index is 2.03. The second-order valence-corrected chi connectivity index (χ2v) is 6.51. The second-order valence-electron chi connectivity index (χ2n) is 4.75. The van der Waals surface area contributed by atoms with E-state index in [0.717, 1.165) is 12.0 Å². The van der Waals surface area contributed by atoms with Crippen molar-refractivity contribution in [1.29, 1.82) is 0 Å². The van der Waals surface area contributed by atoms with E-state index in [1.807, 2.05) is 25.1 Å². The summed E-state index contributed by atoms with van der Waals surface area (Å²) in [5.74, 6) is 0. The van der Waals surface area contributed by atoms with Crippen LogP contribution in [0.4, 0.5) is 0 Å². The smallest absolute Gasteiger partial charge is 0.279 e. The number of fused-ring (bicyclic) bond motifs is 1. The number of benzene rings is 1. The summed E-state index contributed by atoms with van der Waals surface area (Å²) in [5.41, 5.74) is 2.32. The van der Waals surface area contributed by atoms with E-state index >= 15 is 0 Å². The summed E-state index contributed by atoms with van der Waals surface area (Å²) in [6.45, 7) is 3.07. The van der Waals surface area contributed by atoms with Gasteiger partial charge in [0.15, 0.2) is 0 Å². The number of hydrogen-bond acceptors (Lipinski definition) is 3. The van der Waals surface area contributed by atoms with Crippen LogP contribution in [0.3, 0.4) is 0 Å². The van der Waals surface area contributed by atoms with Gasteiger partial charge in [0, 0.05) is 26.7 Å². The number of methoxy groups -OCH3 is 1.